The lowest BCUT2D eigenvalue weighted by Crippen LogP contribution is -2.22. The highest BCUT2D eigenvalue weighted by molar-refractivity contribution is 8.00. The Hall–Kier alpha value is -4.25. The van der Waals surface area contributed by atoms with Crippen molar-refractivity contribution in [3.05, 3.63) is 83.2 Å². The molecule has 0 saturated heterocycles. The molecule has 2 aromatic heterocycles. The number of hydrogen-bond donors (Lipinski definition) is 1. The van der Waals surface area contributed by atoms with Gasteiger partial charge < -0.3 is 10.1 Å². The van der Waals surface area contributed by atoms with Gasteiger partial charge in [0.2, 0.25) is 5.91 Å². The molecule has 0 aliphatic rings. The number of carbonyl (C=O) groups excluding carboxylic acids is 1. The molecular weight excluding hydrogens is 456 g/mol. The van der Waals surface area contributed by atoms with Crippen molar-refractivity contribution >= 4 is 29.0 Å². The van der Waals surface area contributed by atoms with Gasteiger partial charge in [-0.2, -0.15) is 0 Å². The first-order valence-corrected chi connectivity index (χ1v) is 11.1. The van der Waals surface area contributed by atoms with Crippen LogP contribution in [0.15, 0.2) is 78.2 Å². The number of carbonyl (C=O) groups is 1. The zero-order valence-electron chi connectivity index (χ0n) is 18.3. The lowest BCUT2D eigenvalue weighted by molar-refractivity contribution is -0.384. The first kappa shape index (κ1) is 22.9. The van der Waals surface area contributed by atoms with Crippen molar-refractivity contribution < 1.29 is 14.5 Å². The van der Waals surface area contributed by atoms with Crippen LogP contribution in [0.5, 0.6) is 5.75 Å². The number of aromatic nitrogens is 4. The number of ether oxygens (including phenoxy) is 1. The van der Waals surface area contributed by atoms with Gasteiger partial charge in [-0.25, -0.2) is 0 Å². The van der Waals surface area contributed by atoms with E-state index in [9.17, 15) is 14.9 Å². The Morgan fingerprint density at radius 1 is 1.12 bits per heavy atom. The van der Waals surface area contributed by atoms with Crippen LogP contribution in [-0.4, -0.2) is 42.9 Å². The molecule has 1 atom stereocenters. The quantitative estimate of drug-likeness (QED) is 0.226. The summed E-state index contributed by atoms with van der Waals surface area (Å²) in [4.78, 5) is 27.3. The van der Waals surface area contributed by atoms with E-state index in [1.165, 1.54) is 36.0 Å². The van der Waals surface area contributed by atoms with Crippen LogP contribution in [0.4, 0.5) is 11.4 Å². The lowest BCUT2D eigenvalue weighted by atomic mass is 10.2. The van der Waals surface area contributed by atoms with Gasteiger partial charge in [0.15, 0.2) is 11.0 Å². The molecule has 1 amide bonds. The number of thioether (sulfide) groups is 1. The summed E-state index contributed by atoms with van der Waals surface area (Å²) in [6.45, 7) is 1.75. The molecule has 11 heteroatoms. The van der Waals surface area contributed by atoms with Crippen molar-refractivity contribution in [2.45, 2.75) is 17.3 Å². The molecule has 0 saturated carbocycles. The van der Waals surface area contributed by atoms with Gasteiger partial charge >= 0.3 is 0 Å². The Morgan fingerprint density at radius 3 is 2.47 bits per heavy atom. The number of rotatable bonds is 8. The third kappa shape index (κ3) is 5.04. The molecule has 0 aliphatic heterocycles. The van der Waals surface area contributed by atoms with Gasteiger partial charge in [0.05, 0.1) is 17.3 Å². The first-order chi connectivity index (χ1) is 16.5. The topological polar surface area (TPSA) is 125 Å². The maximum Gasteiger partial charge on any atom is 0.269 e. The molecule has 0 fully saturated rings. The zero-order chi connectivity index (χ0) is 24.1. The molecule has 4 aromatic rings. The van der Waals surface area contributed by atoms with Crippen molar-refractivity contribution in [3.8, 4) is 22.8 Å². The molecular formula is C23H20N6O4S. The summed E-state index contributed by atoms with van der Waals surface area (Å²) < 4.78 is 7.12. The van der Waals surface area contributed by atoms with E-state index in [4.69, 9.17) is 4.74 Å². The minimum Gasteiger partial charge on any atom is -0.497 e. The first-order valence-electron chi connectivity index (χ1n) is 10.2. The standard InChI is InChI=1S/C23H20N6O4S/c1-15(22(30)25-17-5-7-19(8-6-17)29(31)32)34-23-27-26-21(16-4-3-13-24-14-16)28(23)18-9-11-20(33-2)12-10-18/h3-15H,1-2H3,(H,25,30)/t15-/m1/s1. The average Bonchev–Trinajstić information content (AvgIpc) is 3.28. The minimum absolute atomic E-state index is 0.0454. The van der Waals surface area contributed by atoms with Gasteiger partial charge in [0.25, 0.3) is 5.69 Å². The van der Waals surface area contributed by atoms with Crippen LogP contribution in [0.25, 0.3) is 17.1 Å². The summed E-state index contributed by atoms with van der Waals surface area (Å²) in [5.74, 6) is 1.03. The second-order valence-corrected chi connectivity index (χ2v) is 8.44. The van der Waals surface area contributed by atoms with Gasteiger partial charge in [0, 0.05) is 41.5 Å². The fourth-order valence-corrected chi connectivity index (χ4v) is 3.98. The van der Waals surface area contributed by atoms with Gasteiger partial charge in [-0.1, -0.05) is 11.8 Å². The molecule has 0 bridgehead atoms. The molecule has 4 rings (SSSR count). The molecule has 34 heavy (non-hydrogen) atoms. The number of nitrogens with one attached hydrogen (secondary N) is 1. The number of benzene rings is 2. The summed E-state index contributed by atoms with van der Waals surface area (Å²) in [7, 11) is 1.60. The number of methoxy groups -OCH3 is 1. The van der Waals surface area contributed by atoms with Crippen LogP contribution in [0, 0.1) is 10.1 Å². The normalized spacial score (nSPS) is 11.6. The summed E-state index contributed by atoms with van der Waals surface area (Å²) in [5.41, 5.74) is 2.00. The molecule has 0 spiro atoms. The fraction of sp³-hybridized carbons (Fsp3) is 0.130. The Bertz CT molecular complexity index is 1290. The van der Waals surface area contributed by atoms with Crippen LogP contribution in [0.1, 0.15) is 6.92 Å². The predicted octanol–water partition coefficient (Wildman–Crippen LogP) is 4.37. The highest BCUT2D eigenvalue weighted by atomic mass is 32.2. The number of nitro benzene ring substituents is 1. The van der Waals surface area contributed by atoms with Crippen molar-refractivity contribution in [1.82, 2.24) is 19.7 Å². The summed E-state index contributed by atoms with van der Waals surface area (Å²) in [5, 5.41) is 22.3. The van der Waals surface area contributed by atoms with Crippen LogP contribution in [0.3, 0.4) is 0 Å². The average molecular weight is 477 g/mol. The molecule has 2 aromatic carbocycles. The fourth-order valence-electron chi connectivity index (χ4n) is 3.11. The van der Waals surface area contributed by atoms with Crippen molar-refractivity contribution in [3.63, 3.8) is 0 Å². The number of anilines is 1. The zero-order valence-corrected chi connectivity index (χ0v) is 19.1. The SMILES string of the molecule is COc1ccc(-n2c(S[C@H](C)C(=O)Nc3ccc([N+](=O)[O-])cc3)nnc2-c2cccnc2)cc1. The van der Waals surface area contributed by atoms with Crippen LogP contribution >= 0.6 is 11.8 Å². The smallest absolute Gasteiger partial charge is 0.269 e. The Kier molecular flexibility index (Phi) is 6.83. The third-order valence-corrected chi connectivity index (χ3v) is 5.92. The van der Waals surface area contributed by atoms with E-state index < -0.39 is 10.2 Å². The maximum absolute atomic E-state index is 12.8. The lowest BCUT2D eigenvalue weighted by Gasteiger charge is -2.14. The Labute approximate surface area is 199 Å². The number of pyridine rings is 1. The molecule has 172 valence electrons. The predicted molar refractivity (Wildman–Crippen MR) is 128 cm³/mol. The van der Waals surface area contributed by atoms with Gasteiger partial charge in [-0.05, 0) is 55.5 Å². The van der Waals surface area contributed by atoms with Gasteiger partial charge in [-0.15, -0.1) is 10.2 Å². The molecule has 0 radical (unpaired) electrons. The van der Waals surface area contributed by atoms with Gasteiger partial charge in [0.1, 0.15) is 5.75 Å². The second kappa shape index (κ2) is 10.1. The van der Waals surface area contributed by atoms with E-state index >= 15 is 0 Å². The minimum atomic E-state index is -0.530. The van der Waals surface area contributed by atoms with Crippen LogP contribution in [-0.2, 0) is 4.79 Å². The highest BCUT2D eigenvalue weighted by Crippen LogP contribution is 2.31. The van der Waals surface area contributed by atoms with Crippen molar-refractivity contribution in [1.29, 1.82) is 0 Å². The maximum atomic E-state index is 12.8. The summed E-state index contributed by atoms with van der Waals surface area (Å²) in [6.07, 6.45) is 3.38. The van der Waals surface area contributed by atoms with Crippen LogP contribution < -0.4 is 10.1 Å². The van der Waals surface area contributed by atoms with E-state index in [1.807, 2.05) is 41.0 Å². The summed E-state index contributed by atoms with van der Waals surface area (Å²) in [6, 6.07) is 16.8. The molecule has 0 unspecified atom stereocenters. The number of hydrogen-bond acceptors (Lipinski definition) is 8. The Morgan fingerprint density at radius 2 is 1.85 bits per heavy atom. The molecule has 0 aliphatic carbocycles. The number of nitro groups is 1. The molecule has 2 heterocycles. The van der Waals surface area contributed by atoms with Gasteiger partial charge in [-0.3, -0.25) is 24.5 Å². The Balaban J connectivity index is 1.59. The van der Waals surface area contributed by atoms with E-state index in [0.717, 1.165) is 11.3 Å². The number of amides is 1. The van der Waals surface area contributed by atoms with Crippen molar-refractivity contribution in [2.24, 2.45) is 0 Å². The largest absolute Gasteiger partial charge is 0.497 e. The van der Waals surface area contributed by atoms with E-state index in [1.54, 1.807) is 26.4 Å². The summed E-state index contributed by atoms with van der Waals surface area (Å²) >= 11 is 1.24. The van der Waals surface area contributed by atoms with Crippen molar-refractivity contribution in [2.75, 3.05) is 12.4 Å². The van der Waals surface area contributed by atoms with E-state index in [0.29, 0.717) is 22.4 Å². The second-order valence-electron chi connectivity index (χ2n) is 7.13. The highest BCUT2D eigenvalue weighted by Gasteiger charge is 2.22. The number of non-ortho nitro benzene ring substituents is 1. The van der Waals surface area contributed by atoms with E-state index in [2.05, 4.69) is 20.5 Å². The monoisotopic (exact) mass is 476 g/mol. The van der Waals surface area contributed by atoms with E-state index in [-0.39, 0.29) is 11.6 Å². The molecule has 1 N–H and O–H groups in total. The van der Waals surface area contributed by atoms with Crippen LogP contribution in [0.2, 0.25) is 0 Å². The number of nitrogens with zero attached hydrogens (tertiary/aromatic N) is 5. The third-order valence-electron chi connectivity index (χ3n) is 4.88. The molecule has 10 nitrogen and oxygen atoms in total.